The molecule has 9 heteroatoms. The smallest absolute Gasteiger partial charge is 0.249 e. The average molecular weight is 470 g/mol. The summed E-state index contributed by atoms with van der Waals surface area (Å²) in [5.41, 5.74) is 1.40. The lowest BCUT2D eigenvalue weighted by molar-refractivity contribution is -0.127. The van der Waals surface area contributed by atoms with Gasteiger partial charge in [0.15, 0.2) is 11.5 Å². The van der Waals surface area contributed by atoms with Crippen LogP contribution in [0.5, 0.6) is 17.2 Å². The minimum Gasteiger partial charge on any atom is -0.493 e. The van der Waals surface area contributed by atoms with E-state index in [1.807, 2.05) is 18.2 Å². The number of aromatic nitrogens is 2. The summed E-state index contributed by atoms with van der Waals surface area (Å²) < 4.78 is 21.9. The molecular weight excluding hydrogens is 446 g/mol. The number of amides is 1. The first-order chi connectivity index (χ1) is 16.0. The number of carbonyl (C=O) groups excluding carboxylic acids is 1. The molecule has 1 aliphatic rings. The van der Waals surface area contributed by atoms with Gasteiger partial charge in [-0.3, -0.25) is 4.79 Å². The molecule has 1 saturated carbocycles. The number of hydrogen-bond acceptors (Lipinski definition) is 7. The standard InChI is InChI=1S/C24H24ClN3O5/c1-30-19-12-15(13-20(31-2)23(19)32-3)8-11-22(29)28(16-9-10-16)14-21-26-27-24(33-21)17-6-4-5-7-18(17)25/h4-8,11-13,16H,9-10,14H2,1-3H3. The summed E-state index contributed by atoms with van der Waals surface area (Å²) in [4.78, 5) is 14.7. The lowest BCUT2D eigenvalue weighted by atomic mass is 10.1. The van der Waals surface area contributed by atoms with Crippen LogP contribution in [-0.2, 0) is 11.3 Å². The van der Waals surface area contributed by atoms with Crippen molar-refractivity contribution in [1.29, 1.82) is 0 Å². The van der Waals surface area contributed by atoms with Gasteiger partial charge >= 0.3 is 0 Å². The molecule has 172 valence electrons. The zero-order valence-corrected chi connectivity index (χ0v) is 19.3. The van der Waals surface area contributed by atoms with Crippen molar-refractivity contribution in [2.24, 2.45) is 0 Å². The summed E-state index contributed by atoms with van der Waals surface area (Å²) in [7, 11) is 4.64. The van der Waals surface area contributed by atoms with Gasteiger partial charge in [0.1, 0.15) is 0 Å². The van der Waals surface area contributed by atoms with E-state index in [1.54, 1.807) is 50.5 Å². The lowest BCUT2D eigenvalue weighted by Gasteiger charge is -2.18. The Morgan fingerprint density at radius 1 is 1.12 bits per heavy atom. The second-order valence-electron chi connectivity index (χ2n) is 7.47. The molecule has 1 aromatic heterocycles. The third-order valence-corrected chi connectivity index (χ3v) is 5.58. The highest BCUT2D eigenvalue weighted by atomic mass is 35.5. The van der Waals surface area contributed by atoms with Crippen molar-refractivity contribution in [2.45, 2.75) is 25.4 Å². The zero-order valence-electron chi connectivity index (χ0n) is 18.6. The number of hydrogen-bond donors (Lipinski definition) is 0. The normalized spacial score (nSPS) is 13.2. The van der Waals surface area contributed by atoms with Crippen LogP contribution in [0.2, 0.25) is 5.02 Å². The van der Waals surface area contributed by atoms with Crippen molar-refractivity contribution >= 4 is 23.6 Å². The van der Waals surface area contributed by atoms with Gasteiger partial charge in [0.25, 0.3) is 0 Å². The molecular formula is C24H24ClN3O5. The van der Waals surface area contributed by atoms with Crippen molar-refractivity contribution in [3.63, 3.8) is 0 Å². The Bertz CT molecular complexity index is 1150. The zero-order chi connectivity index (χ0) is 23.4. The van der Waals surface area contributed by atoms with E-state index in [4.69, 9.17) is 30.2 Å². The maximum absolute atomic E-state index is 13.0. The molecule has 1 amide bonds. The molecule has 0 aliphatic heterocycles. The van der Waals surface area contributed by atoms with E-state index in [0.29, 0.717) is 39.6 Å². The van der Waals surface area contributed by atoms with Crippen LogP contribution in [0.4, 0.5) is 0 Å². The molecule has 3 aromatic rings. The van der Waals surface area contributed by atoms with E-state index in [1.165, 1.54) is 6.08 Å². The highest BCUT2D eigenvalue weighted by Gasteiger charge is 2.33. The minimum atomic E-state index is -0.149. The van der Waals surface area contributed by atoms with Crippen LogP contribution in [0.25, 0.3) is 17.5 Å². The average Bonchev–Trinajstić information content (AvgIpc) is 3.58. The second-order valence-corrected chi connectivity index (χ2v) is 7.88. The van der Waals surface area contributed by atoms with Gasteiger partial charge in [0.2, 0.25) is 23.4 Å². The van der Waals surface area contributed by atoms with Crippen LogP contribution in [0.1, 0.15) is 24.3 Å². The fourth-order valence-corrected chi connectivity index (χ4v) is 3.66. The van der Waals surface area contributed by atoms with Gasteiger partial charge in [-0.1, -0.05) is 23.7 Å². The van der Waals surface area contributed by atoms with E-state index >= 15 is 0 Å². The molecule has 2 aromatic carbocycles. The summed E-state index contributed by atoms with van der Waals surface area (Å²) >= 11 is 6.22. The lowest BCUT2D eigenvalue weighted by Crippen LogP contribution is -2.31. The summed E-state index contributed by atoms with van der Waals surface area (Å²) in [5, 5.41) is 8.72. The largest absolute Gasteiger partial charge is 0.493 e. The van der Waals surface area contributed by atoms with Crippen molar-refractivity contribution in [3.8, 4) is 28.7 Å². The molecule has 0 bridgehead atoms. The third-order valence-electron chi connectivity index (χ3n) is 5.25. The Balaban J connectivity index is 1.51. The first kappa shape index (κ1) is 22.7. The van der Waals surface area contributed by atoms with Gasteiger partial charge < -0.3 is 23.5 Å². The molecule has 0 spiro atoms. The predicted octanol–water partition coefficient (Wildman–Crippen LogP) is 4.62. The van der Waals surface area contributed by atoms with Crippen LogP contribution < -0.4 is 14.2 Å². The van der Waals surface area contributed by atoms with Crippen LogP contribution in [0.3, 0.4) is 0 Å². The number of nitrogens with zero attached hydrogens (tertiary/aromatic N) is 3. The SMILES string of the molecule is COc1cc(C=CC(=O)N(Cc2nnc(-c3ccccc3Cl)o2)C2CC2)cc(OC)c1OC. The summed E-state index contributed by atoms with van der Waals surface area (Å²) in [6.45, 7) is 0.223. The Labute approximate surface area is 196 Å². The van der Waals surface area contributed by atoms with E-state index in [9.17, 15) is 4.79 Å². The quantitative estimate of drug-likeness (QED) is 0.422. The highest BCUT2D eigenvalue weighted by molar-refractivity contribution is 6.33. The predicted molar refractivity (Wildman–Crippen MR) is 123 cm³/mol. The van der Waals surface area contributed by atoms with Crippen molar-refractivity contribution in [2.75, 3.05) is 21.3 Å². The van der Waals surface area contributed by atoms with Gasteiger partial charge in [0.05, 0.1) is 38.5 Å². The Hall–Kier alpha value is -3.52. The van der Waals surface area contributed by atoms with Crippen LogP contribution >= 0.6 is 11.6 Å². The van der Waals surface area contributed by atoms with E-state index in [2.05, 4.69) is 10.2 Å². The van der Waals surface area contributed by atoms with Crippen molar-refractivity contribution in [1.82, 2.24) is 15.1 Å². The summed E-state index contributed by atoms with van der Waals surface area (Å²) in [6, 6.07) is 11.0. The maximum Gasteiger partial charge on any atom is 0.249 e. The number of benzene rings is 2. The number of ether oxygens (including phenoxy) is 3. The van der Waals surface area contributed by atoms with Gasteiger partial charge in [-0.05, 0) is 48.7 Å². The van der Waals surface area contributed by atoms with Crippen molar-refractivity contribution < 1.29 is 23.4 Å². The molecule has 8 nitrogen and oxygen atoms in total. The highest BCUT2D eigenvalue weighted by Crippen LogP contribution is 2.38. The first-order valence-corrected chi connectivity index (χ1v) is 10.8. The van der Waals surface area contributed by atoms with Gasteiger partial charge in [-0.15, -0.1) is 10.2 Å². The topological polar surface area (TPSA) is 86.9 Å². The molecule has 1 aliphatic carbocycles. The molecule has 0 radical (unpaired) electrons. The molecule has 0 atom stereocenters. The summed E-state index contributed by atoms with van der Waals surface area (Å²) in [5.74, 6) is 2.05. The molecule has 1 fully saturated rings. The molecule has 4 rings (SSSR count). The third kappa shape index (κ3) is 5.12. The Morgan fingerprint density at radius 2 is 1.82 bits per heavy atom. The molecule has 33 heavy (non-hydrogen) atoms. The van der Waals surface area contributed by atoms with Gasteiger partial charge in [0, 0.05) is 12.1 Å². The monoisotopic (exact) mass is 469 g/mol. The maximum atomic E-state index is 13.0. The molecule has 0 unspecified atom stereocenters. The second kappa shape index (κ2) is 9.95. The number of rotatable bonds is 9. The molecule has 1 heterocycles. The number of halogens is 1. The van der Waals surface area contributed by atoms with Crippen LogP contribution in [-0.4, -0.2) is 48.4 Å². The fraction of sp³-hybridized carbons (Fsp3) is 0.292. The molecule has 0 N–H and O–H groups in total. The molecule has 0 saturated heterocycles. The van der Waals surface area contributed by atoms with E-state index in [-0.39, 0.29) is 18.5 Å². The van der Waals surface area contributed by atoms with Crippen molar-refractivity contribution in [3.05, 3.63) is 59.0 Å². The number of carbonyl (C=O) groups is 1. The first-order valence-electron chi connectivity index (χ1n) is 10.4. The van der Waals surface area contributed by atoms with Gasteiger partial charge in [-0.2, -0.15) is 0 Å². The Kier molecular flexibility index (Phi) is 6.84. The minimum absolute atomic E-state index is 0.149. The van der Waals surface area contributed by atoms with Crippen LogP contribution in [0, 0.1) is 0 Å². The summed E-state index contributed by atoms with van der Waals surface area (Å²) in [6.07, 6.45) is 5.11. The van der Waals surface area contributed by atoms with E-state index < -0.39 is 0 Å². The fourth-order valence-electron chi connectivity index (χ4n) is 3.44. The van der Waals surface area contributed by atoms with E-state index in [0.717, 1.165) is 18.4 Å². The van der Waals surface area contributed by atoms with Gasteiger partial charge in [-0.25, -0.2) is 0 Å². The van der Waals surface area contributed by atoms with Crippen LogP contribution in [0.15, 0.2) is 46.9 Å². The Morgan fingerprint density at radius 3 is 2.42 bits per heavy atom. The number of methoxy groups -OCH3 is 3.